The van der Waals surface area contributed by atoms with E-state index in [9.17, 15) is 18.4 Å². The second-order valence-electron chi connectivity index (χ2n) is 3.06. The van der Waals surface area contributed by atoms with Crippen molar-refractivity contribution in [1.82, 2.24) is 0 Å². The first-order chi connectivity index (χ1) is 6.67. The lowest BCUT2D eigenvalue weighted by Crippen LogP contribution is -2.41. The summed E-state index contributed by atoms with van der Waals surface area (Å²) in [4.78, 5) is 21.7. The molecule has 0 spiro atoms. The van der Waals surface area contributed by atoms with Gasteiger partial charge >= 0.3 is 17.9 Å². The summed E-state index contributed by atoms with van der Waals surface area (Å²) < 4.78 is 32.8. The van der Waals surface area contributed by atoms with Gasteiger partial charge in [-0.3, -0.25) is 4.79 Å². The van der Waals surface area contributed by atoms with E-state index in [2.05, 4.69) is 25.4 Å². The first-order valence-electron chi connectivity index (χ1n) is 3.91. The van der Waals surface area contributed by atoms with E-state index in [1.54, 1.807) is 0 Å². The quantitative estimate of drug-likeness (QED) is 0.581. The van der Waals surface area contributed by atoms with Crippen molar-refractivity contribution in [1.29, 1.82) is 0 Å². The maximum absolute atomic E-state index is 13.1. The van der Waals surface area contributed by atoms with E-state index in [1.165, 1.54) is 6.92 Å². The van der Waals surface area contributed by atoms with Gasteiger partial charge in [0.25, 0.3) is 0 Å². The van der Waals surface area contributed by atoms with E-state index in [-0.39, 0.29) is 0 Å². The zero-order chi connectivity index (χ0) is 12.3. The molecule has 4 nitrogen and oxygen atoms in total. The second-order valence-corrected chi connectivity index (χ2v) is 4.81. The number of hydrogen-bond donors (Lipinski definition) is 0. The van der Waals surface area contributed by atoms with E-state index in [0.29, 0.717) is 0 Å². The largest absolute Gasteiger partial charge is 0.468 e. The van der Waals surface area contributed by atoms with Crippen LogP contribution < -0.4 is 0 Å². The molecule has 0 amide bonds. The first-order valence-corrected chi connectivity index (χ1v) is 4.70. The summed E-state index contributed by atoms with van der Waals surface area (Å²) in [7, 11) is 1.91. The lowest BCUT2D eigenvalue weighted by atomic mass is 10.0. The number of ether oxygens (including phenoxy) is 2. The molecule has 0 radical (unpaired) electrons. The van der Waals surface area contributed by atoms with Gasteiger partial charge in [0.15, 0.2) is 0 Å². The van der Waals surface area contributed by atoms with E-state index in [4.69, 9.17) is 0 Å². The minimum atomic E-state index is -3.73. The lowest BCUT2D eigenvalue weighted by Gasteiger charge is -2.23. The molecule has 0 fully saturated rings. The van der Waals surface area contributed by atoms with E-state index >= 15 is 0 Å². The monoisotopic (exact) mass is 288 g/mol. The lowest BCUT2D eigenvalue weighted by molar-refractivity contribution is -0.171. The molecular weight excluding hydrogens is 278 g/mol. The average molecular weight is 289 g/mol. The number of methoxy groups -OCH3 is 2. The molecule has 1 atom stereocenters. The SMILES string of the molecule is COC(=O)C(F)(F)CC(C)(Br)C(=O)OC. The van der Waals surface area contributed by atoms with Crippen molar-refractivity contribution < 1.29 is 27.8 Å². The topological polar surface area (TPSA) is 52.6 Å². The molecule has 0 aliphatic heterocycles. The summed E-state index contributed by atoms with van der Waals surface area (Å²) in [6.07, 6.45) is -1.03. The molecule has 0 aliphatic rings. The summed E-state index contributed by atoms with van der Waals surface area (Å²) in [5, 5.41) is 0. The van der Waals surface area contributed by atoms with Gasteiger partial charge in [-0.15, -0.1) is 0 Å². The summed E-state index contributed by atoms with van der Waals surface area (Å²) in [6, 6.07) is 0. The fourth-order valence-corrected chi connectivity index (χ4v) is 1.44. The van der Waals surface area contributed by atoms with Gasteiger partial charge in [0.05, 0.1) is 14.2 Å². The van der Waals surface area contributed by atoms with Crippen molar-refractivity contribution in [3.8, 4) is 0 Å². The average Bonchev–Trinajstić information content (AvgIpc) is 2.13. The van der Waals surface area contributed by atoms with E-state index in [0.717, 1.165) is 14.2 Å². The molecule has 0 aromatic rings. The Morgan fingerprint density at radius 1 is 1.20 bits per heavy atom. The summed E-state index contributed by atoms with van der Waals surface area (Å²) in [6.45, 7) is 1.19. The number of carbonyl (C=O) groups is 2. The fourth-order valence-electron chi connectivity index (χ4n) is 0.923. The highest BCUT2D eigenvalue weighted by Crippen LogP contribution is 2.34. The van der Waals surface area contributed by atoms with Gasteiger partial charge in [0.2, 0.25) is 0 Å². The molecule has 7 heteroatoms. The molecule has 0 bridgehead atoms. The van der Waals surface area contributed by atoms with Crippen LogP contribution in [0.4, 0.5) is 8.78 Å². The standard InChI is InChI=1S/C8H11BrF2O4/c1-7(9,5(12)14-2)4-8(10,11)6(13)15-3/h4H2,1-3H3. The van der Waals surface area contributed by atoms with Crippen molar-refractivity contribution in [3.05, 3.63) is 0 Å². The van der Waals surface area contributed by atoms with E-state index < -0.39 is 28.6 Å². The van der Waals surface area contributed by atoms with Crippen LogP contribution in [0.5, 0.6) is 0 Å². The van der Waals surface area contributed by atoms with Gasteiger partial charge in [-0.1, -0.05) is 15.9 Å². The van der Waals surface area contributed by atoms with Crippen LogP contribution in [0.1, 0.15) is 13.3 Å². The highest BCUT2D eigenvalue weighted by Gasteiger charge is 2.49. The third-order valence-corrected chi connectivity index (χ3v) is 2.25. The van der Waals surface area contributed by atoms with Crippen molar-refractivity contribution in [2.75, 3.05) is 14.2 Å². The Morgan fingerprint density at radius 2 is 1.60 bits per heavy atom. The molecule has 1 unspecified atom stereocenters. The highest BCUT2D eigenvalue weighted by atomic mass is 79.9. The molecule has 0 aromatic carbocycles. The molecule has 0 saturated carbocycles. The smallest absolute Gasteiger partial charge is 0.376 e. The number of carbonyl (C=O) groups excluding carboxylic acids is 2. The van der Waals surface area contributed by atoms with Crippen molar-refractivity contribution >= 4 is 27.9 Å². The fraction of sp³-hybridized carbons (Fsp3) is 0.750. The van der Waals surface area contributed by atoms with Gasteiger partial charge in [-0.25, -0.2) is 4.79 Å². The predicted octanol–water partition coefficient (Wildman–Crippen LogP) is 1.51. The Hall–Kier alpha value is -0.720. The Balaban J connectivity index is 4.71. The molecular formula is C8H11BrF2O4. The number of hydrogen-bond acceptors (Lipinski definition) is 4. The summed E-state index contributed by atoms with van der Waals surface area (Å²) in [5.74, 6) is -6.30. The summed E-state index contributed by atoms with van der Waals surface area (Å²) in [5.41, 5.74) is 0. The predicted molar refractivity (Wildman–Crippen MR) is 50.9 cm³/mol. The number of esters is 2. The summed E-state index contributed by atoms with van der Waals surface area (Å²) >= 11 is 2.78. The first kappa shape index (κ1) is 14.3. The molecule has 0 rings (SSSR count). The van der Waals surface area contributed by atoms with Gasteiger partial charge in [-0.2, -0.15) is 8.78 Å². The van der Waals surface area contributed by atoms with Gasteiger partial charge in [0.1, 0.15) is 4.32 Å². The van der Waals surface area contributed by atoms with Crippen LogP contribution in [0, 0.1) is 0 Å². The zero-order valence-electron chi connectivity index (χ0n) is 8.47. The van der Waals surface area contributed by atoms with Crippen molar-refractivity contribution in [2.45, 2.75) is 23.6 Å². The van der Waals surface area contributed by atoms with Crippen molar-refractivity contribution in [3.63, 3.8) is 0 Å². The Bertz CT molecular complexity index is 239. The van der Waals surface area contributed by atoms with Gasteiger partial charge in [0, 0.05) is 6.42 Å². The Labute approximate surface area is 94.0 Å². The van der Waals surface area contributed by atoms with Gasteiger partial charge in [-0.05, 0) is 6.92 Å². The zero-order valence-corrected chi connectivity index (χ0v) is 10.1. The molecule has 0 saturated heterocycles. The van der Waals surface area contributed by atoms with Crippen LogP contribution in [0.2, 0.25) is 0 Å². The minimum Gasteiger partial charge on any atom is -0.468 e. The number of halogens is 3. The van der Waals surface area contributed by atoms with Gasteiger partial charge < -0.3 is 9.47 Å². The number of rotatable bonds is 4. The molecule has 0 N–H and O–H groups in total. The molecule has 15 heavy (non-hydrogen) atoms. The van der Waals surface area contributed by atoms with Crippen LogP contribution in [-0.4, -0.2) is 36.4 Å². The van der Waals surface area contributed by atoms with Crippen LogP contribution in [0.3, 0.4) is 0 Å². The maximum atomic E-state index is 13.1. The maximum Gasteiger partial charge on any atom is 0.376 e. The third-order valence-electron chi connectivity index (χ3n) is 1.65. The molecule has 0 heterocycles. The second kappa shape index (κ2) is 4.87. The normalized spacial score (nSPS) is 15.3. The molecule has 88 valence electrons. The number of alkyl halides is 3. The van der Waals surface area contributed by atoms with Crippen LogP contribution in [-0.2, 0) is 19.1 Å². The third kappa shape index (κ3) is 3.73. The molecule has 0 aromatic heterocycles. The minimum absolute atomic E-state index is 0.847. The molecule has 0 aliphatic carbocycles. The van der Waals surface area contributed by atoms with E-state index in [1.807, 2.05) is 0 Å². The Morgan fingerprint density at radius 3 is 1.93 bits per heavy atom. The highest BCUT2D eigenvalue weighted by molar-refractivity contribution is 9.10. The van der Waals surface area contributed by atoms with Crippen LogP contribution in [0.25, 0.3) is 0 Å². The van der Waals surface area contributed by atoms with Crippen LogP contribution >= 0.6 is 15.9 Å². The van der Waals surface area contributed by atoms with Crippen molar-refractivity contribution in [2.24, 2.45) is 0 Å². The van der Waals surface area contributed by atoms with Crippen LogP contribution in [0.15, 0.2) is 0 Å². The Kier molecular flexibility index (Phi) is 4.64.